The lowest BCUT2D eigenvalue weighted by Crippen LogP contribution is -2.23. The molecule has 0 unspecified atom stereocenters. The maximum atomic E-state index is 5.91. The Labute approximate surface area is 107 Å². The number of halogens is 1. The van der Waals surface area contributed by atoms with Gasteiger partial charge in [-0.2, -0.15) is 0 Å². The predicted molar refractivity (Wildman–Crippen MR) is 71.7 cm³/mol. The molecule has 0 bridgehead atoms. The van der Waals surface area contributed by atoms with E-state index in [1.165, 1.54) is 0 Å². The molecule has 0 aliphatic carbocycles. The summed E-state index contributed by atoms with van der Waals surface area (Å²) in [6.45, 7) is 6.04. The van der Waals surface area contributed by atoms with E-state index in [9.17, 15) is 0 Å². The Bertz CT molecular complexity index is 531. The van der Waals surface area contributed by atoms with Crippen LogP contribution in [-0.4, -0.2) is 10.6 Å². The van der Waals surface area contributed by atoms with Crippen LogP contribution in [0.4, 0.5) is 0 Å². The molecule has 0 spiro atoms. The van der Waals surface area contributed by atoms with Crippen molar-refractivity contribution in [3.8, 4) is 5.88 Å². The molecule has 2 nitrogen and oxygen atoms in total. The van der Waals surface area contributed by atoms with Crippen LogP contribution in [0.2, 0.25) is 0 Å². The summed E-state index contributed by atoms with van der Waals surface area (Å²) in [7, 11) is 0. The van der Waals surface area contributed by atoms with Crippen LogP contribution in [0.5, 0.6) is 5.88 Å². The van der Waals surface area contributed by atoms with Gasteiger partial charge in [0.1, 0.15) is 5.60 Å². The first kappa shape index (κ1) is 12.2. The highest BCUT2D eigenvalue weighted by molar-refractivity contribution is 6.18. The van der Waals surface area contributed by atoms with Crippen LogP contribution in [0.1, 0.15) is 26.3 Å². The van der Waals surface area contributed by atoms with Crippen molar-refractivity contribution < 1.29 is 4.74 Å². The molecule has 90 valence electrons. The van der Waals surface area contributed by atoms with Gasteiger partial charge in [0.2, 0.25) is 5.88 Å². The second-order valence-corrected chi connectivity index (χ2v) is 5.25. The molecule has 1 aromatic heterocycles. The first-order valence-corrected chi connectivity index (χ1v) is 6.16. The zero-order valence-corrected chi connectivity index (χ0v) is 11.1. The van der Waals surface area contributed by atoms with Crippen molar-refractivity contribution in [2.75, 3.05) is 0 Å². The van der Waals surface area contributed by atoms with E-state index in [1.807, 2.05) is 45.0 Å². The van der Waals surface area contributed by atoms with Gasteiger partial charge in [-0.05, 0) is 37.8 Å². The van der Waals surface area contributed by atoms with Crippen molar-refractivity contribution >= 4 is 22.4 Å². The van der Waals surface area contributed by atoms with Crippen molar-refractivity contribution in [3.05, 3.63) is 36.0 Å². The van der Waals surface area contributed by atoms with E-state index in [1.54, 1.807) is 6.20 Å². The first-order chi connectivity index (χ1) is 8.01. The average Bonchev–Trinajstić information content (AvgIpc) is 2.28. The van der Waals surface area contributed by atoms with Crippen molar-refractivity contribution in [2.45, 2.75) is 32.3 Å². The quantitative estimate of drug-likeness (QED) is 0.746. The van der Waals surface area contributed by atoms with E-state index in [-0.39, 0.29) is 5.60 Å². The number of hydrogen-bond donors (Lipinski definition) is 0. The van der Waals surface area contributed by atoms with Gasteiger partial charge in [-0.25, -0.2) is 4.98 Å². The van der Waals surface area contributed by atoms with E-state index in [0.29, 0.717) is 11.8 Å². The van der Waals surface area contributed by atoms with Gasteiger partial charge in [0.25, 0.3) is 0 Å². The third kappa shape index (κ3) is 2.70. The van der Waals surface area contributed by atoms with E-state index < -0.39 is 0 Å². The van der Waals surface area contributed by atoms with Crippen LogP contribution < -0.4 is 4.74 Å². The number of aromatic nitrogens is 1. The summed E-state index contributed by atoms with van der Waals surface area (Å²) in [6.07, 6.45) is 1.79. The Kier molecular flexibility index (Phi) is 3.25. The van der Waals surface area contributed by atoms with Crippen molar-refractivity contribution in [3.63, 3.8) is 0 Å². The Morgan fingerprint density at radius 2 is 1.82 bits per heavy atom. The molecule has 1 heterocycles. The molecule has 0 aliphatic heterocycles. The van der Waals surface area contributed by atoms with Gasteiger partial charge in [-0.1, -0.05) is 18.2 Å². The van der Waals surface area contributed by atoms with Crippen LogP contribution in [0.25, 0.3) is 10.8 Å². The molecule has 3 heteroatoms. The molecule has 0 fully saturated rings. The molecule has 0 atom stereocenters. The van der Waals surface area contributed by atoms with Crippen molar-refractivity contribution in [2.24, 2.45) is 0 Å². The summed E-state index contributed by atoms with van der Waals surface area (Å²) in [6, 6.07) is 8.04. The van der Waals surface area contributed by atoms with Gasteiger partial charge in [0.05, 0.1) is 0 Å². The Morgan fingerprint density at radius 1 is 1.18 bits per heavy atom. The van der Waals surface area contributed by atoms with Crippen LogP contribution >= 0.6 is 11.6 Å². The molecular weight excluding hydrogens is 234 g/mol. The summed E-state index contributed by atoms with van der Waals surface area (Å²) < 4.78 is 5.86. The van der Waals surface area contributed by atoms with Gasteiger partial charge in [0.15, 0.2) is 0 Å². The summed E-state index contributed by atoms with van der Waals surface area (Å²) >= 11 is 5.91. The van der Waals surface area contributed by atoms with Crippen LogP contribution in [0, 0.1) is 0 Å². The lowest BCUT2D eigenvalue weighted by molar-refractivity contribution is 0.126. The summed E-state index contributed by atoms with van der Waals surface area (Å²) in [5.74, 6) is 1.13. The van der Waals surface area contributed by atoms with Gasteiger partial charge in [0, 0.05) is 17.5 Å². The summed E-state index contributed by atoms with van der Waals surface area (Å²) in [5.41, 5.74) is 0.779. The topological polar surface area (TPSA) is 22.1 Å². The number of fused-ring (bicyclic) bond motifs is 1. The highest BCUT2D eigenvalue weighted by Gasteiger charge is 2.15. The van der Waals surface area contributed by atoms with Gasteiger partial charge in [-0.15, -0.1) is 11.6 Å². The fourth-order valence-corrected chi connectivity index (χ4v) is 1.92. The van der Waals surface area contributed by atoms with Gasteiger partial charge < -0.3 is 4.74 Å². The van der Waals surface area contributed by atoms with Crippen molar-refractivity contribution in [1.29, 1.82) is 0 Å². The fraction of sp³-hybridized carbons (Fsp3) is 0.357. The van der Waals surface area contributed by atoms with E-state index >= 15 is 0 Å². The molecule has 0 radical (unpaired) electrons. The second-order valence-electron chi connectivity index (χ2n) is 4.98. The number of hydrogen-bond acceptors (Lipinski definition) is 2. The number of pyridine rings is 1. The lowest BCUT2D eigenvalue weighted by atomic mass is 10.1. The first-order valence-electron chi connectivity index (χ1n) is 5.63. The third-order valence-corrected chi connectivity index (χ3v) is 2.68. The fourth-order valence-electron chi connectivity index (χ4n) is 1.70. The number of benzene rings is 1. The van der Waals surface area contributed by atoms with Gasteiger partial charge in [-0.3, -0.25) is 0 Å². The number of nitrogens with zero attached hydrogens (tertiary/aromatic N) is 1. The molecular formula is C14H16ClNO. The van der Waals surface area contributed by atoms with E-state index in [2.05, 4.69) is 4.98 Å². The molecule has 2 aromatic rings. The minimum Gasteiger partial charge on any atom is -0.471 e. The minimum absolute atomic E-state index is 0.252. The molecule has 0 aliphatic rings. The normalized spacial score (nSPS) is 11.8. The Morgan fingerprint density at radius 3 is 2.41 bits per heavy atom. The SMILES string of the molecule is CC(C)(C)Oc1ncc(CCl)c2ccccc12. The van der Waals surface area contributed by atoms with Crippen LogP contribution in [0.3, 0.4) is 0 Å². The smallest absolute Gasteiger partial charge is 0.221 e. The Hall–Kier alpha value is -1.28. The standard InChI is InChI=1S/C14H16ClNO/c1-14(2,3)17-13-12-7-5-4-6-11(12)10(8-15)9-16-13/h4-7,9H,8H2,1-3H3. The molecule has 2 rings (SSSR count). The molecule has 0 amide bonds. The average molecular weight is 250 g/mol. The van der Waals surface area contributed by atoms with Crippen LogP contribution in [-0.2, 0) is 5.88 Å². The van der Waals surface area contributed by atoms with Crippen molar-refractivity contribution in [1.82, 2.24) is 4.98 Å². The zero-order valence-electron chi connectivity index (χ0n) is 10.3. The largest absolute Gasteiger partial charge is 0.471 e. The van der Waals surface area contributed by atoms with Gasteiger partial charge >= 0.3 is 0 Å². The van der Waals surface area contributed by atoms with E-state index in [0.717, 1.165) is 16.3 Å². The third-order valence-electron chi connectivity index (χ3n) is 2.39. The number of ether oxygens (including phenoxy) is 1. The van der Waals surface area contributed by atoms with Crippen LogP contribution in [0.15, 0.2) is 30.5 Å². The highest BCUT2D eigenvalue weighted by Crippen LogP contribution is 2.29. The molecule has 17 heavy (non-hydrogen) atoms. The zero-order chi connectivity index (χ0) is 12.5. The maximum Gasteiger partial charge on any atom is 0.221 e. The second kappa shape index (κ2) is 4.53. The maximum absolute atomic E-state index is 5.91. The molecule has 0 saturated heterocycles. The highest BCUT2D eigenvalue weighted by atomic mass is 35.5. The molecule has 0 saturated carbocycles. The minimum atomic E-state index is -0.252. The number of alkyl halides is 1. The predicted octanol–water partition coefficient (Wildman–Crippen LogP) is 4.15. The lowest BCUT2D eigenvalue weighted by Gasteiger charge is -2.21. The Balaban J connectivity index is 2.59. The van der Waals surface area contributed by atoms with E-state index in [4.69, 9.17) is 16.3 Å². The molecule has 1 aromatic carbocycles. The summed E-state index contributed by atoms with van der Waals surface area (Å²) in [5, 5.41) is 2.12. The monoisotopic (exact) mass is 249 g/mol. The summed E-state index contributed by atoms with van der Waals surface area (Å²) in [4.78, 5) is 4.36. The molecule has 0 N–H and O–H groups in total. The number of rotatable bonds is 2.